The van der Waals surface area contributed by atoms with E-state index < -0.39 is 17.4 Å². The smallest absolute Gasteiger partial charge is 0.332 e. The van der Waals surface area contributed by atoms with Crippen LogP contribution in [-0.2, 0) is 20.6 Å². The molecule has 1 aromatic carbocycles. The monoisotopic (exact) mass is 455 g/mol. The van der Waals surface area contributed by atoms with Crippen LogP contribution >= 0.6 is 0 Å². The third kappa shape index (κ3) is 4.29. The Morgan fingerprint density at radius 1 is 1.12 bits per heavy atom. The highest BCUT2D eigenvalue weighted by Gasteiger charge is 2.26. The van der Waals surface area contributed by atoms with Crippen LogP contribution in [0, 0.1) is 6.92 Å². The normalized spacial score (nSPS) is 15.1. The first-order chi connectivity index (χ1) is 15.7. The number of fused-ring (bicyclic) bond motifs is 1. The van der Waals surface area contributed by atoms with Gasteiger partial charge in [-0.25, -0.2) is 4.79 Å². The van der Waals surface area contributed by atoms with E-state index >= 15 is 0 Å². The molecular weight excluding hydrogens is 422 g/mol. The summed E-state index contributed by atoms with van der Waals surface area (Å²) >= 11 is 0. The fourth-order valence-corrected chi connectivity index (χ4v) is 4.46. The van der Waals surface area contributed by atoms with Crippen LogP contribution in [0.1, 0.15) is 43.7 Å². The van der Waals surface area contributed by atoms with Crippen LogP contribution < -0.4 is 20.9 Å². The lowest BCUT2D eigenvalue weighted by molar-refractivity contribution is 0.0930. The number of hydrogen-bond acceptors (Lipinski definition) is 6. The molecule has 1 saturated heterocycles. The van der Waals surface area contributed by atoms with Crippen molar-refractivity contribution in [1.82, 2.24) is 18.7 Å². The van der Waals surface area contributed by atoms with Gasteiger partial charge in [-0.15, -0.1) is 0 Å². The minimum atomic E-state index is -0.869. The Labute approximate surface area is 192 Å². The molecule has 0 radical (unpaired) electrons. The third-order valence-corrected chi connectivity index (χ3v) is 6.33. The van der Waals surface area contributed by atoms with Gasteiger partial charge in [0.15, 0.2) is 11.2 Å². The van der Waals surface area contributed by atoms with Crippen molar-refractivity contribution in [3.63, 3.8) is 0 Å². The van der Waals surface area contributed by atoms with Crippen LogP contribution in [0.25, 0.3) is 11.2 Å². The van der Waals surface area contributed by atoms with Crippen LogP contribution in [0.15, 0.2) is 27.8 Å². The number of imidazole rings is 1. The highest BCUT2D eigenvalue weighted by molar-refractivity contribution is 5.74. The van der Waals surface area contributed by atoms with E-state index in [9.17, 15) is 14.7 Å². The summed E-state index contributed by atoms with van der Waals surface area (Å²) in [5.41, 5.74) is 1.99. The van der Waals surface area contributed by atoms with Gasteiger partial charge in [-0.05, 0) is 42.9 Å². The molecule has 1 fully saturated rings. The maximum atomic E-state index is 13.0. The van der Waals surface area contributed by atoms with E-state index in [-0.39, 0.29) is 13.2 Å². The van der Waals surface area contributed by atoms with Crippen LogP contribution in [0.3, 0.4) is 0 Å². The molecule has 0 aliphatic carbocycles. The van der Waals surface area contributed by atoms with Gasteiger partial charge in [-0.1, -0.05) is 26.0 Å². The van der Waals surface area contributed by atoms with Gasteiger partial charge in [0.25, 0.3) is 5.56 Å². The van der Waals surface area contributed by atoms with Crippen molar-refractivity contribution in [3.8, 4) is 5.75 Å². The van der Waals surface area contributed by atoms with Gasteiger partial charge in [-0.2, -0.15) is 4.98 Å². The van der Waals surface area contributed by atoms with Crippen molar-refractivity contribution in [3.05, 3.63) is 50.2 Å². The van der Waals surface area contributed by atoms with Gasteiger partial charge >= 0.3 is 5.69 Å². The van der Waals surface area contributed by atoms with E-state index in [1.165, 1.54) is 11.6 Å². The number of aliphatic hydroxyl groups is 1. The number of aryl methyl sites for hydroxylation is 2. The number of benzene rings is 1. The molecule has 1 aliphatic rings. The molecule has 1 N–H and O–H groups in total. The molecular formula is C24H33N5O4. The first-order valence-electron chi connectivity index (χ1n) is 11.5. The fourth-order valence-electron chi connectivity index (χ4n) is 4.46. The molecule has 3 aromatic rings. The Morgan fingerprint density at radius 2 is 1.82 bits per heavy atom. The first kappa shape index (κ1) is 23.1. The molecule has 4 rings (SSSR count). The van der Waals surface area contributed by atoms with E-state index in [0.717, 1.165) is 47.4 Å². The quantitative estimate of drug-likeness (QED) is 0.585. The lowest BCUT2D eigenvalue weighted by Gasteiger charge is -2.21. The summed E-state index contributed by atoms with van der Waals surface area (Å²) in [5.74, 6) is 1.66. The van der Waals surface area contributed by atoms with Crippen molar-refractivity contribution in [1.29, 1.82) is 0 Å². The Hall–Kier alpha value is -3.07. The van der Waals surface area contributed by atoms with Crippen molar-refractivity contribution >= 4 is 17.1 Å². The highest BCUT2D eigenvalue weighted by atomic mass is 16.5. The zero-order chi connectivity index (χ0) is 23.9. The predicted molar refractivity (Wildman–Crippen MR) is 128 cm³/mol. The largest absolute Gasteiger partial charge is 0.491 e. The molecule has 2 aromatic heterocycles. The fraction of sp³-hybridized carbons (Fsp3) is 0.542. The van der Waals surface area contributed by atoms with Crippen LogP contribution in [0.4, 0.5) is 5.95 Å². The molecule has 9 heteroatoms. The number of aliphatic hydroxyl groups excluding tert-OH is 1. The molecule has 178 valence electrons. The lowest BCUT2D eigenvalue weighted by Crippen LogP contribution is -2.38. The summed E-state index contributed by atoms with van der Waals surface area (Å²) in [6.07, 6.45) is 1.21. The molecule has 1 aliphatic heterocycles. The second-order valence-corrected chi connectivity index (χ2v) is 9.26. The molecule has 1 atom stereocenters. The summed E-state index contributed by atoms with van der Waals surface area (Å²) < 4.78 is 10.2. The standard InChI is InChI=1S/C24H33N5O4/c1-15(2)18-9-8-16(3)12-19(18)33-14-17(30)13-29-20-21(25-23(29)28-10-6-7-11-28)26(4)24(32)27(5)22(20)31/h8-9,12,15,17,30H,6-7,10-11,13-14H2,1-5H3/t17-/m1/s1. The summed E-state index contributed by atoms with van der Waals surface area (Å²) in [5, 5.41) is 10.9. The number of aromatic nitrogens is 4. The average molecular weight is 456 g/mol. The molecule has 3 heterocycles. The minimum Gasteiger partial charge on any atom is -0.491 e. The molecule has 0 bridgehead atoms. The van der Waals surface area contributed by atoms with E-state index in [2.05, 4.69) is 35.9 Å². The van der Waals surface area contributed by atoms with Crippen LogP contribution in [-0.4, -0.2) is 49.6 Å². The maximum absolute atomic E-state index is 13.0. The second-order valence-electron chi connectivity index (χ2n) is 9.26. The van der Waals surface area contributed by atoms with Gasteiger partial charge < -0.3 is 19.3 Å². The van der Waals surface area contributed by atoms with Gasteiger partial charge in [0.1, 0.15) is 18.5 Å². The van der Waals surface area contributed by atoms with E-state index in [0.29, 0.717) is 23.0 Å². The van der Waals surface area contributed by atoms with E-state index in [1.54, 1.807) is 11.6 Å². The SMILES string of the molecule is Cc1ccc(C(C)C)c(OC[C@H](O)Cn2c(N3CCCC3)nc3c2c(=O)n(C)c(=O)n3C)c1. The Morgan fingerprint density at radius 3 is 2.48 bits per heavy atom. The molecule has 33 heavy (non-hydrogen) atoms. The predicted octanol–water partition coefficient (Wildman–Crippen LogP) is 1.91. The first-order valence-corrected chi connectivity index (χ1v) is 11.5. The number of rotatable bonds is 7. The zero-order valence-corrected chi connectivity index (χ0v) is 20.0. The average Bonchev–Trinajstić information content (AvgIpc) is 3.43. The van der Waals surface area contributed by atoms with E-state index in [1.807, 2.05) is 13.0 Å². The van der Waals surface area contributed by atoms with Crippen molar-refractivity contribution in [2.24, 2.45) is 14.1 Å². The topological polar surface area (TPSA) is 94.5 Å². The number of anilines is 1. The van der Waals surface area contributed by atoms with Crippen molar-refractivity contribution < 1.29 is 9.84 Å². The second kappa shape index (κ2) is 9.05. The number of ether oxygens (including phenoxy) is 1. The van der Waals surface area contributed by atoms with Gasteiger partial charge in [-0.3, -0.25) is 13.9 Å². The van der Waals surface area contributed by atoms with Crippen LogP contribution in [0.2, 0.25) is 0 Å². The maximum Gasteiger partial charge on any atom is 0.332 e. The van der Waals surface area contributed by atoms with Crippen LogP contribution in [0.5, 0.6) is 5.75 Å². The molecule has 0 spiro atoms. The molecule has 0 saturated carbocycles. The molecule has 9 nitrogen and oxygen atoms in total. The summed E-state index contributed by atoms with van der Waals surface area (Å²) in [6, 6.07) is 6.09. The summed E-state index contributed by atoms with van der Waals surface area (Å²) in [7, 11) is 3.07. The Kier molecular flexibility index (Phi) is 6.34. The minimum absolute atomic E-state index is 0.0777. The van der Waals surface area contributed by atoms with Crippen molar-refractivity contribution in [2.45, 2.75) is 52.2 Å². The zero-order valence-electron chi connectivity index (χ0n) is 20.0. The number of nitrogens with zero attached hydrogens (tertiary/aromatic N) is 5. The van der Waals surface area contributed by atoms with Gasteiger partial charge in [0.2, 0.25) is 5.95 Å². The lowest BCUT2D eigenvalue weighted by atomic mass is 10.0. The summed E-state index contributed by atoms with van der Waals surface area (Å²) in [4.78, 5) is 32.2. The third-order valence-electron chi connectivity index (χ3n) is 6.33. The number of hydrogen-bond donors (Lipinski definition) is 1. The van der Waals surface area contributed by atoms with Gasteiger partial charge in [0.05, 0.1) is 6.54 Å². The molecule has 0 amide bonds. The Balaban J connectivity index is 1.68. The molecule has 0 unspecified atom stereocenters. The Bertz CT molecular complexity index is 1280. The van der Waals surface area contributed by atoms with Crippen molar-refractivity contribution in [2.75, 3.05) is 24.6 Å². The van der Waals surface area contributed by atoms with E-state index in [4.69, 9.17) is 4.74 Å². The highest BCUT2D eigenvalue weighted by Crippen LogP contribution is 2.28. The van der Waals surface area contributed by atoms with Gasteiger partial charge in [0, 0.05) is 27.2 Å². The summed E-state index contributed by atoms with van der Waals surface area (Å²) in [6.45, 7) is 8.08.